The molecule has 22 heavy (non-hydrogen) atoms. The molecule has 0 N–H and O–H groups in total. The van der Waals surface area contributed by atoms with Gasteiger partial charge in [0.05, 0.1) is 12.2 Å². The van der Waals surface area contributed by atoms with E-state index in [9.17, 15) is 4.79 Å². The summed E-state index contributed by atoms with van der Waals surface area (Å²) in [5, 5.41) is 0. The molecule has 0 aliphatic heterocycles. The summed E-state index contributed by atoms with van der Waals surface area (Å²) in [5.74, 6) is 1.66. The quantitative estimate of drug-likeness (QED) is 0.727. The Balaban J connectivity index is 1.82. The van der Waals surface area contributed by atoms with Gasteiger partial charge in [0.25, 0.3) is 5.56 Å². The van der Waals surface area contributed by atoms with Crippen LogP contribution in [0.25, 0.3) is 5.52 Å². The third kappa shape index (κ3) is 2.62. The average Bonchev–Trinajstić information content (AvgIpc) is 2.87. The summed E-state index contributed by atoms with van der Waals surface area (Å²) in [6.07, 6.45) is 4.43. The zero-order valence-corrected chi connectivity index (χ0v) is 12.8. The van der Waals surface area contributed by atoms with E-state index in [0.29, 0.717) is 18.7 Å². The second-order valence-corrected chi connectivity index (χ2v) is 5.14. The van der Waals surface area contributed by atoms with Crippen LogP contribution in [0.3, 0.4) is 0 Å². The molecule has 0 spiro atoms. The van der Waals surface area contributed by atoms with E-state index in [0.717, 1.165) is 23.7 Å². The van der Waals surface area contributed by atoms with Gasteiger partial charge in [-0.25, -0.2) is 4.98 Å². The Morgan fingerprint density at radius 2 is 1.95 bits per heavy atom. The van der Waals surface area contributed by atoms with E-state index in [1.165, 1.54) is 0 Å². The predicted octanol–water partition coefficient (Wildman–Crippen LogP) is 2.45. The summed E-state index contributed by atoms with van der Waals surface area (Å²) in [6.45, 7) is 4.89. The van der Waals surface area contributed by atoms with Crippen molar-refractivity contribution >= 4 is 5.52 Å². The summed E-state index contributed by atoms with van der Waals surface area (Å²) in [4.78, 5) is 17.1. The molecule has 0 saturated carbocycles. The fraction of sp³-hybridized carbons (Fsp3) is 0.294. The molecule has 3 rings (SSSR count). The van der Waals surface area contributed by atoms with E-state index >= 15 is 0 Å². The molecule has 0 aliphatic carbocycles. The molecule has 2 aromatic heterocycles. The molecule has 0 amide bonds. The number of aromatic nitrogens is 3. The number of nitrogens with zero attached hydrogens (tertiary/aromatic N) is 3. The summed E-state index contributed by atoms with van der Waals surface area (Å²) in [5.41, 5.74) is 1.50. The summed E-state index contributed by atoms with van der Waals surface area (Å²) < 4.78 is 9.19. The van der Waals surface area contributed by atoms with E-state index < -0.39 is 0 Å². The van der Waals surface area contributed by atoms with E-state index in [1.807, 2.05) is 54.8 Å². The molecule has 0 radical (unpaired) electrons. The van der Waals surface area contributed by atoms with Crippen molar-refractivity contribution in [1.82, 2.24) is 14.0 Å². The van der Waals surface area contributed by atoms with Crippen molar-refractivity contribution in [2.45, 2.75) is 26.8 Å². The third-order valence-electron chi connectivity index (χ3n) is 3.70. The van der Waals surface area contributed by atoms with Gasteiger partial charge < -0.3 is 9.30 Å². The van der Waals surface area contributed by atoms with Gasteiger partial charge in [0, 0.05) is 12.4 Å². The molecule has 0 bridgehead atoms. The lowest BCUT2D eigenvalue weighted by Crippen LogP contribution is -2.24. The molecule has 0 atom stereocenters. The SMILES string of the molecule is CCc1nc(C)n2ccn(CCOc3ccccc3)c(=O)c12. The highest BCUT2D eigenvalue weighted by Gasteiger charge is 2.12. The maximum absolute atomic E-state index is 12.6. The zero-order chi connectivity index (χ0) is 15.5. The lowest BCUT2D eigenvalue weighted by atomic mass is 10.3. The molecule has 0 unspecified atom stereocenters. The first-order valence-corrected chi connectivity index (χ1v) is 7.45. The Hall–Kier alpha value is -2.56. The number of ether oxygens (including phenoxy) is 1. The Bertz CT molecular complexity index is 834. The zero-order valence-electron chi connectivity index (χ0n) is 12.8. The molecule has 1 aromatic carbocycles. The monoisotopic (exact) mass is 297 g/mol. The van der Waals surface area contributed by atoms with Crippen molar-refractivity contribution in [3.8, 4) is 5.75 Å². The van der Waals surface area contributed by atoms with Gasteiger partial charge in [0.1, 0.15) is 23.7 Å². The van der Waals surface area contributed by atoms with E-state index in [1.54, 1.807) is 10.8 Å². The lowest BCUT2D eigenvalue weighted by molar-refractivity contribution is 0.296. The highest BCUT2D eigenvalue weighted by Crippen LogP contribution is 2.10. The van der Waals surface area contributed by atoms with Gasteiger partial charge >= 0.3 is 0 Å². The highest BCUT2D eigenvalue weighted by molar-refractivity contribution is 5.51. The second kappa shape index (κ2) is 6.05. The number of hydrogen-bond donors (Lipinski definition) is 0. The van der Waals surface area contributed by atoms with Crippen molar-refractivity contribution in [3.63, 3.8) is 0 Å². The first-order chi connectivity index (χ1) is 10.7. The van der Waals surface area contributed by atoms with E-state index in [-0.39, 0.29) is 5.56 Å². The molecule has 2 heterocycles. The number of hydrogen-bond acceptors (Lipinski definition) is 3. The van der Waals surface area contributed by atoms with Crippen molar-refractivity contribution in [3.05, 3.63) is 64.6 Å². The molecule has 0 fully saturated rings. The van der Waals surface area contributed by atoms with Gasteiger partial charge in [-0.15, -0.1) is 0 Å². The van der Waals surface area contributed by atoms with Crippen molar-refractivity contribution < 1.29 is 4.74 Å². The van der Waals surface area contributed by atoms with Crippen LogP contribution in [0.4, 0.5) is 0 Å². The number of rotatable bonds is 5. The smallest absolute Gasteiger partial charge is 0.276 e. The average molecular weight is 297 g/mol. The van der Waals surface area contributed by atoms with Gasteiger partial charge in [0.2, 0.25) is 0 Å². The van der Waals surface area contributed by atoms with Crippen molar-refractivity contribution in [2.24, 2.45) is 0 Å². The third-order valence-corrected chi connectivity index (χ3v) is 3.70. The number of aryl methyl sites for hydroxylation is 2. The summed E-state index contributed by atoms with van der Waals surface area (Å²) in [7, 11) is 0. The Morgan fingerprint density at radius 1 is 1.18 bits per heavy atom. The Labute approximate surface area is 128 Å². The van der Waals surface area contributed by atoms with Crippen LogP contribution in [-0.2, 0) is 13.0 Å². The minimum absolute atomic E-state index is 0.0170. The molecule has 0 aliphatic rings. The van der Waals surface area contributed by atoms with Gasteiger partial charge in [-0.2, -0.15) is 0 Å². The highest BCUT2D eigenvalue weighted by atomic mass is 16.5. The number of fused-ring (bicyclic) bond motifs is 1. The predicted molar refractivity (Wildman–Crippen MR) is 85.5 cm³/mol. The lowest BCUT2D eigenvalue weighted by Gasteiger charge is -2.09. The maximum Gasteiger partial charge on any atom is 0.276 e. The van der Waals surface area contributed by atoms with Gasteiger partial charge in [-0.3, -0.25) is 9.20 Å². The molecule has 0 saturated heterocycles. The Kier molecular flexibility index (Phi) is 3.96. The fourth-order valence-corrected chi connectivity index (χ4v) is 2.56. The topological polar surface area (TPSA) is 48.5 Å². The fourth-order valence-electron chi connectivity index (χ4n) is 2.56. The number of para-hydroxylation sites is 1. The van der Waals surface area contributed by atoms with Crippen LogP contribution < -0.4 is 10.3 Å². The van der Waals surface area contributed by atoms with Crippen LogP contribution >= 0.6 is 0 Å². The van der Waals surface area contributed by atoms with Crippen LogP contribution in [0.15, 0.2) is 47.5 Å². The Morgan fingerprint density at radius 3 is 2.68 bits per heavy atom. The summed E-state index contributed by atoms with van der Waals surface area (Å²) >= 11 is 0. The van der Waals surface area contributed by atoms with Gasteiger partial charge in [-0.05, 0) is 25.5 Å². The number of benzene rings is 1. The first-order valence-electron chi connectivity index (χ1n) is 7.45. The van der Waals surface area contributed by atoms with E-state index in [4.69, 9.17) is 4.74 Å². The molecule has 5 heteroatoms. The van der Waals surface area contributed by atoms with Gasteiger partial charge in [-0.1, -0.05) is 25.1 Å². The largest absolute Gasteiger partial charge is 0.492 e. The van der Waals surface area contributed by atoms with Crippen LogP contribution in [0.5, 0.6) is 5.75 Å². The van der Waals surface area contributed by atoms with Crippen LogP contribution in [-0.4, -0.2) is 20.6 Å². The van der Waals surface area contributed by atoms with Crippen molar-refractivity contribution in [1.29, 1.82) is 0 Å². The van der Waals surface area contributed by atoms with Crippen molar-refractivity contribution in [2.75, 3.05) is 6.61 Å². The molecular weight excluding hydrogens is 278 g/mol. The minimum atomic E-state index is -0.0170. The van der Waals surface area contributed by atoms with Crippen LogP contribution in [0.2, 0.25) is 0 Å². The maximum atomic E-state index is 12.6. The standard InChI is InChI=1S/C17H19N3O2/c1-3-15-16-17(21)19(9-10-20(16)13(2)18-15)11-12-22-14-7-5-4-6-8-14/h4-10H,3,11-12H2,1-2H3. The normalized spacial score (nSPS) is 11.0. The van der Waals surface area contributed by atoms with Crippen LogP contribution in [0, 0.1) is 6.92 Å². The second-order valence-electron chi connectivity index (χ2n) is 5.14. The minimum Gasteiger partial charge on any atom is -0.492 e. The molecule has 114 valence electrons. The van der Waals surface area contributed by atoms with Gasteiger partial charge in [0.15, 0.2) is 0 Å². The van der Waals surface area contributed by atoms with Crippen LogP contribution in [0.1, 0.15) is 18.4 Å². The molecule has 5 nitrogen and oxygen atoms in total. The van der Waals surface area contributed by atoms with E-state index in [2.05, 4.69) is 4.98 Å². The first kappa shape index (κ1) is 14.4. The number of imidazole rings is 1. The molecule has 3 aromatic rings. The molecular formula is C17H19N3O2. The summed E-state index contributed by atoms with van der Waals surface area (Å²) in [6, 6.07) is 9.61.